The smallest absolute Gasteiger partial charge is 0.240 e. The fraction of sp³-hybridized carbons (Fsp3) is 0. The number of rotatable bonds is 6. The quantitative estimate of drug-likeness (QED) is 0.167. The number of para-hydroxylation sites is 9. The molecule has 0 aliphatic rings. The van der Waals surface area contributed by atoms with E-state index in [-0.39, 0.29) is 0 Å². The fourth-order valence-corrected chi connectivity index (χ4v) is 10.2. The van der Waals surface area contributed by atoms with Crippen molar-refractivity contribution in [3.8, 4) is 40.3 Å². The van der Waals surface area contributed by atoms with Crippen LogP contribution in [0, 0.1) is 0 Å². The van der Waals surface area contributed by atoms with Crippen LogP contribution < -0.4 is 0 Å². The first-order valence-electron chi connectivity index (χ1n) is 42.4. The molecule has 0 spiro atoms. The van der Waals surface area contributed by atoms with Crippen LogP contribution in [-0.4, -0.2) is 37.8 Å². The van der Waals surface area contributed by atoms with E-state index in [9.17, 15) is 37.0 Å². The Bertz CT molecular complexity index is 7210. The zero-order valence-corrected chi connectivity index (χ0v) is 38.3. The molecule has 0 saturated carbocycles. The van der Waals surface area contributed by atoms with Gasteiger partial charge in [0.2, 0.25) is 11.9 Å². The van der Waals surface area contributed by atoms with Gasteiger partial charge in [-0.15, -0.1) is 0 Å². The molecule has 0 saturated heterocycles. The Hall–Kier alpha value is -10.6. The fourth-order valence-electron chi connectivity index (χ4n) is 10.2. The average molecular weight is 1020 g/mol. The van der Waals surface area contributed by atoms with Crippen molar-refractivity contribution < 1.29 is 53.5 Å². The summed E-state index contributed by atoms with van der Waals surface area (Å²) in [6.07, 6.45) is 0. The van der Waals surface area contributed by atoms with Crippen LogP contribution in [0.5, 0.6) is 0 Å². The van der Waals surface area contributed by atoms with Gasteiger partial charge in [0.15, 0.2) is 5.82 Å². The highest BCUT2D eigenvalue weighted by atomic mass is 15.3. The molecule has 11 aromatic carbocycles. The zero-order valence-electron chi connectivity index (χ0n) is 77.3. The maximum absolute atomic E-state index is 10.5. The lowest BCUT2D eigenvalue weighted by Crippen LogP contribution is -2.12. The predicted octanol–water partition coefficient (Wildman–Crippen LogP) is 17.0. The van der Waals surface area contributed by atoms with Crippen molar-refractivity contribution in [1.29, 1.82) is 0 Å². The van der Waals surface area contributed by atoms with E-state index in [4.69, 9.17) is 31.4 Å². The molecule has 8 nitrogen and oxygen atoms in total. The Morgan fingerprint density at radius 3 is 0.870 bits per heavy atom. The summed E-state index contributed by atoms with van der Waals surface area (Å²) in [5.41, 5.74) is -10.3. The molecule has 0 N–H and O–H groups in total. The molecule has 0 amide bonds. The largest absolute Gasteiger partial charge is 0.309 e. The van der Waals surface area contributed by atoms with E-state index in [1.165, 1.54) is 6.07 Å². The molecule has 0 atom stereocenters. The van der Waals surface area contributed by atoms with E-state index < -0.39 is 385 Å². The van der Waals surface area contributed by atoms with Crippen molar-refractivity contribution in [3.05, 3.63) is 254 Å². The summed E-state index contributed by atoms with van der Waals surface area (Å²) in [5.74, 6) is -3.28. The summed E-state index contributed by atoms with van der Waals surface area (Å²) >= 11 is 0. The molecule has 17 aromatic rings. The molecule has 8 heteroatoms. The van der Waals surface area contributed by atoms with E-state index in [0.29, 0.717) is 13.7 Å². The van der Waals surface area contributed by atoms with Crippen LogP contribution in [0.25, 0.3) is 149 Å². The maximum Gasteiger partial charge on any atom is 0.240 e. The van der Waals surface area contributed by atoms with Gasteiger partial charge in [0, 0.05) is 59.5 Å². The number of hydrogen-bond acceptors (Lipinski definition) is 3. The normalized spacial score (nSPS) is 19.2. The average Bonchev–Trinajstić information content (AvgIpc) is 1.52. The molecule has 0 bridgehead atoms. The molecule has 0 aliphatic heterocycles. The van der Waals surface area contributed by atoms with Crippen molar-refractivity contribution in [1.82, 2.24) is 37.8 Å². The topological polar surface area (TPSA) is 63.3 Å². The summed E-state index contributed by atoms with van der Waals surface area (Å²) in [5, 5.41) is -6.33. The Labute approximate surface area is 494 Å². The molecule has 0 radical (unpaired) electrons. The lowest BCUT2D eigenvalue weighted by Gasteiger charge is -2.20. The highest BCUT2D eigenvalue weighted by Gasteiger charge is 2.27. The Morgan fingerprint density at radius 2 is 0.532 bits per heavy atom. The van der Waals surface area contributed by atoms with Crippen LogP contribution in [0.4, 0.5) is 0 Å². The van der Waals surface area contributed by atoms with Crippen molar-refractivity contribution in [2.75, 3.05) is 0 Å². The van der Waals surface area contributed by atoms with Crippen LogP contribution >= 0.6 is 0 Å². The summed E-state index contributed by atoms with van der Waals surface area (Å²) in [6, 6.07) is -34.7. The van der Waals surface area contributed by atoms with Gasteiger partial charge in [0.05, 0.1) is 126 Å². The van der Waals surface area contributed by atoms with Gasteiger partial charge in [-0.3, -0.25) is 9.13 Å². The summed E-state index contributed by atoms with van der Waals surface area (Å²) in [6.45, 7) is 0. The molecule has 77 heavy (non-hydrogen) atoms. The first-order valence-corrected chi connectivity index (χ1v) is 22.9. The molecular formula is C69H42N8. The molecule has 17 rings (SSSR count). The van der Waals surface area contributed by atoms with E-state index >= 15 is 0 Å². The van der Waals surface area contributed by atoms with Gasteiger partial charge in [-0.05, 0) is 84.6 Å². The van der Waals surface area contributed by atoms with Gasteiger partial charge in [-0.25, -0.2) is 0 Å². The maximum atomic E-state index is 10.5. The minimum absolute atomic E-state index is 0.569. The summed E-state index contributed by atoms with van der Waals surface area (Å²) < 4.78 is 370. The van der Waals surface area contributed by atoms with Crippen molar-refractivity contribution in [3.63, 3.8) is 0 Å². The zero-order chi connectivity index (χ0) is 84.2. The van der Waals surface area contributed by atoms with E-state index in [1.807, 2.05) is 0 Å². The summed E-state index contributed by atoms with van der Waals surface area (Å²) in [4.78, 5) is 14.9. The number of benzene rings is 11. The van der Waals surface area contributed by atoms with Gasteiger partial charge < -0.3 is 13.7 Å². The number of aromatic nitrogens is 8. The molecule has 6 aromatic heterocycles. The van der Waals surface area contributed by atoms with Crippen LogP contribution in [-0.2, 0) is 0 Å². The first-order chi connectivity index (χ1) is 54.4. The molecular weight excluding hydrogens is 941 g/mol. The van der Waals surface area contributed by atoms with Gasteiger partial charge in [0.1, 0.15) is 0 Å². The second-order valence-corrected chi connectivity index (χ2v) is 17.1. The molecule has 0 unspecified atom stereocenters. The van der Waals surface area contributed by atoms with Gasteiger partial charge >= 0.3 is 0 Å². The van der Waals surface area contributed by atoms with Crippen molar-refractivity contribution in [2.45, 2.75) is 0 Å². The minimum Gasteiger partial charge on any atom is -0.309 e. The molecule has 6 heterocycles. The Kier molecular flexibility index (Phi) is 4.00. The van der Waals surface area contributed by atoms with Gasteiger partial charge in [-0.1, -0.05) is 169 Å². The van der Waals surface area contributed by atoms with Crippen molar-refractivity contribution >= 4 is 109 Å². The number of fused-ring (bicyclic) bond motifs is 15. The second kappa shape index (κ2) is 16.0. The van der Waals surface area contributed by atoms with E-state index in [2.05, 4.69) is 0 Å². The monoisotopic (exact) mass is 1020 g/mol. The van der Waals surface area contributed by atoms with Crippen LogP contribution in [0.1, 0.15) is 53.5 Å². The van der Waals surface area contributed by atoms with Gasteiger partial charge in [-0.2, -0.15) is 15.0 Å². The van der Waals surface area contributed by atoms with Crippen molar-refractivity contribution in [2.24, 2.45) is 0 Å². The number of nitrogens with zero attached hydrogens (tertiary/aromatic N) is 8. The standard InChI is InChI=1S/C69H42N8/c1-10-29-54-44(20-1)45-21-2-11-30-55(45)73(54)43-40-41-63-53(42-43)52-28-9-18-37-62(52)77(63)69-71-67(70-68(72-69)76-60-35-16-7-26-50(60)51-27-8-17-36-61(51)76)66-64(74-56-31-12-3-22-46(56)47-23-4-13-32-57(47)74)38-19-39-65(66)75-58-33-14-5-24-48(58)49-25-6-15-34-59(49)75/h1-42H/i1D,2D,3D,4D,5D,6D,7D,8D,9D,10D,11D,12D,13D,14D,15D,16D,17D,18D,20D,21D,22D,23D,24D,25D,26D,27D,28D,29D,30D,31D,32D,33D,34D,35D,36D,37D,40D,41D,42D. The van der Waals surface area contributed by atoms with E-state index in [1.54, 1.807) is 0 Å². The molecule has 0 aliphatic carbocycles. The highest BCUT2D eigenvalue weighted by Crippen LogP contribution is 2.43. The molecule has 358 valence electrons. The highest BCUT2D eigenvalue weighted by molar-refractivity contribution is 6.14. The summed E-state index contributed by atoms with van der Waals surface area (Å²) in [7, 11) is 0. The third-order valence-electron chi connectivity index (χ3n) is 13.2. The molecule has 0 fully saturated rings. The first kappa shape index (κ1) is 19.3. The third-order valence-corrected chi connectivity index (χ3v) is 13.2. The Morgan fingerprint density at radius 1 is 0.260 bits per heavy atom. The number of hydrogen-bond donors (Lipinski definition) is 0. The van der Waals surface area contributed by atoms with Crippen LogP contribution in [0.15, 0.2) is 254 Å². The Balaban J connectivity index is 1.18. The lowest BCUT2D eigenvalue weighted by molar-refractivity contribution is 0.890. The van der Waals surface area contributed by atoms with Gasteiger partial charge in [0.25, 0.3) is 0 Å². The second-order valence-electron chi connectivity index (χ2n) is 17.1. The lowest BCUT2D eigenvalue weighted by atomic mass is 10.1. The third kappa shape index (κ3) is 5.89. The van der Waals surface area contributed by atoms with E-state index in [0.717, 1.165) is 21.3 Å². The minimum atomic E-state index is -1.18. The SMILES string of the molecule is [2H]c1c([2H])c([2H])c2c(c1[2H])c1c([2H])c([2H])c([2H])c([2H])c1n2-c1nc(-c2c(-n3c4c([2H])c([2H])c([2H])c([2H])c4c4c([2H])c([2H])c([2H])c([2H])c43)cccc2-n2c3c([2H])c([2H])c([2H])c([2H])c3c3c([2H])c([2H])c([2H])c([2H])c32)nc(-n2c3c([2H])c([2H])c([2H])c([2H])c3c3c([2H])c(-n4c5c([2H])c([2H])c([2H])c([2H])c5c5c([2H])c([2H])c([2H])c([2H])c54)c([2H])c([2H])c32)n1. The van der Waals surface area contributed by atoms with Crippen LogP contribution in [0.3, 0.4) is 0 Å². The van der Waals surface area contributed by atoms with Crippen LogP contribution in [0.2, 0.25) is 0 Å². The predicted molar refractivity (Wildman–Crippen MR) is 317 cm³/mol.